The second-order valence-electron chi connectivity index (χ2n) is 4.07. The van der Waals surface area contributed by atoms with Crippen molar-refractivity contribution in [2.24, 2.45) is 0 Å². The quantitative estimate of drug-likeness (QED) is 0.767. The van der Waals surface area contributed by atoms with Crippen molar-refractivity contribution in [2.45, 2.75) is 16.1 Å². The van der Waals surface area contributed by atoms with Crippen molar-refractivity contribution < 1.29 is 5.11 Å². The van der Waals surface area contributed by atoms with Gasteiger partial charge >= 0.3 is 0 Å². The molecule has 0 aromatic heterocycles. The fourth-order valence-corrected chi connectivity index (χ4v) is 3.34. The Balaban J connectivity index is 1.86. The van der Waals surface area contributed by atoms with Crippen molar-refractivity contribution in [1.29, 1.82) is 0 Å². The Bertz CT molecular complexity index is 437. The van der Waals surface area contributed by atoms with Gasteiger partial charge in [-0.1, -0.05) is 48.6 Å². The van der Waals surface area contributed by atoms with Gasteiger partial charge in [-0.15, -0.1) is 11.8 Å². The smallest absolute Gasteiger partial charge is 0.149 e. The van der Waals surface area contributed by atoms with Crippen LogP contribution in [0.4, 0.5) is 0 Å². The first-order valence-electron chi connectivity index (χ1n) is 5.08. The number of thioether (sulfide) groups is 1. The molecule has 2 atom stereocenters. The summed E-state index contributed by atoms with van der Waals surface area (Å²) in [6, 6.07) is 10.3. The van der Waals surface area contributed by atoms with Gasteiger partial charge in [-0.05, 0) is 18.1 Å². The monoisotopic (exact) mass is 216 g/mol. The van der Waals surface area contributed by atoms with Gasteiger partial charge in [0.05, 0.1) is 4.75 Å². The van der Waals surface area contributed by atoms with Crippen LogP contribution in [0.5, 0.6) is 0 Å². The van der Waals surface area contributed by atoms with E-state index in [1.807, 2.05) is 36.4 Å². The van der Waals surface area contributed by atoms with E-state index in [0.29, 0.717) is 0 Å². The molecule has 1 nitrogen and oxygen atoms in total. The van der Waals surface area contributed by atoms with Crippen LogP contribution in [-0.2, 0) is 6.42 Å². The number of hydrogen-bond acceptors (Lipinski definition) is 2. The SMILES string of the molecule is OC12C=CC=CC1(Cc1ccccc1)S2. The zero-order valence-corrected chi connectivity index (χ0v) is 9.08. The Labute approximate surface area is 93.5 Å². The summed E-state index contributed by atoms with van der Waals surface area (Å²) in [4.78, 5) is -0.655. The van der Waals surface area contributed by atoms with Crippen LogP contribution in [-0.4, -0.2) is 14.8 Å². The summed E-state index contributed by atoms with van der Waals surface area (Å²) in [6.45, 7) is 0. The second kappa shape index (κ2) is 3.00. The molecule has 2 aliphatic rings. The third-order valence-electron chi connectivity index (χ3n) is 3.01. The van der Waals surface area contributed by atoms with E-state index in [-0.39, 0.29) is 4.75 Å². The zero-order valence-electron chi connectivity index (χ0n) is 8.26. The van der Waals surface area contributed by atoms with Gasteiger partial charge in [0.2, 0.25) is 0 Å². The van der Waals surface area contributed by atoms with E-state index in [9.17, 15) is 5.11 Å². The van der Waals surface area contributed by atoms with E-state index >= 15 is 0 Å². The Morgan fingerprint density at radius 1 is 1.07 bits per heavy atom. The van der Waals surface area contributed by atoms with Crippen molar-refractivity contribution in [2.75, 3.05) is 0 Å². The highest BCUT2D eigenvalue weighted by atomic mass is 32.2. The summed E-state index contributed by atoms with van der Waals surface area (Å²) in [7, 11) is 0. The number of fused-ring (bicyclic) bond motifs is 1. The van der Waals surface area contributed by atoms with Crippen LogP contribution >= 0.6 is 11.8 Å². The molecule has 0 spiro atoms. The number of aliphatic hydroxyl groups is 1. The summed E-state index contributed by atoms with van der Waals surface area (Å²) < 4.78 is -0.108. The van der Waals surface area contributed by atoms with Crippen molar-refractivity contribution in [3.63, 3.8) is 0 Å². The molecule has 0 saturated carbocycles. The lowest BCUT2D eigenvalue weighted by Crippen LogP contribution is -2.25. The Morgan fingerprint density at radius 2 is 1.80 bits per heavy atom. The molecule has 1 N–H and O–H groups in total. The summed E-state index contributed by atoms with van der Waals surface area (Å²) in [5.74, 6) is 0. The van der Waals surface area contributed by atoms with Crippen molar-refractivity contribution in [3.05, 3.63) is 60.2 Å². The van der Waals surface area contributed by atoms with Gasteiger partial charge in [-0.2, -0.15) is 0 Å². The standard InChI is InChI=1S/C13H12OS/c14-13-9-5-4-8-12(13,15-13)10-11-6-2-1-3-7-11/h1-9,14H,10H2. The molecule has 76 valence electrons. The molecule has 1 aromatic rings. The maximum absolute atomic E-state index is 10.2. The highest BCUT2D eigenvalue weighted by Crippen LogP contribution is 2.66. The van der Waals surface area contributed by atoms with Gasteiger partial charge in [0.1, 0.15) is 4.93 Å². The van der Waals surface area contributed by atoms with Gasteiger partial charge in [0, 0.05) is 0 Å². The molecule has 1 heterocycles. The van der Waals surface area contributed by atoms with Crippen LogP contribution in [0, 0.1) is 0 Å². The average Bonchev–Trinajstić information content (AvgIpc) is 2.85. The molecule has 1 saturated heterocycles. The molecule has 0 bridgehead atoms. The third kappa shape index (κ3) is 1.36. The maximum atomic E-state index is 10.2. The Morgan fingerprint density at radius 3 is 2.53 bits per heavy atom. The molecule has 1 aromatic carbocycles. The zero-order chi connectivity index (χ0) is 10.4. The summed E-state index contributed by atoms with van der Waals surface area (Å²) in [5, 5.41) is 10.2. The maximum Gasteiger partial charge on any atom is 0.149 e. The minimum absolute atomic E-state index is 0.108. The van der Waals surface area contributed by atoms with Gasteiger partial charge in [0.25, 0.3) is 0 Å². The van der Waals surface area contributed by atoms with Gasteiger partial charge in [-0.25, -0.2) is 0 Å². The first-order chi connectivity index (χ1) is 7.24. The molecule has 1 aliphatic heterocycles. The lowest BCUT2D eigenvalue weighted by atomic mass is 9.91. The fourth-order valence-electron chi connectivity index (χ4n) is 2.10. The molecular formula is C13H12OS. The largest absolute Gasteiger partial charge is 0.374 e. The molecular weight excluding hydrogens is 204 g/mol. The molecule has 1 aliphatic carbocycles. The first kappa shape index (κ1) is 9.25. The number of rotatable bonds is 2. The minimum atomic E-state index is -0.655. The van der Waals surface area contributed by atoms with E-state index < -0.39 is 4.93 Å². The van der Waals surface area contributed by atoms with Crippen LogP contribution < -0.4 is 0 Å². The highest BCUT2D eigenvalue weighted by Gasteiger charge is 2.65. The van der Waals surface area contributed by atoms with Gasteiger partial charge < -0.3 is 5.11 Å². The lowest BCUT2D eigenvalue weighted by Gasteiger charge is -2.15. The van der Waals surface area contributed by atoms with E-state index in [1.165, 1.54) is 5.56 Å². The van der Waals surface area contributed by atoms with E-state index in [1.54, 1.807) is 11.8 Å². The van der Waals surface area contributed by atoms with Gasteiger partial charge in [0.15, 0.2) is 0 Å². The summed E-state index contributed by atoms with van der Waals surface area (Å²) >= 11 is 1.63. The van der Waals surface area contributed by atoms with Crippen LogP contribution in [0.2, 0.25) is 0 Å². The van der Waals surface area contributed by atoms with E-state index in [4.69, 9.17) is 0 Å². The summed E-state index contributed by atoms with van der Waals surface area (Å²) in [5.41, 5.74) is 1.28. The first-order valence-corrected chi connectivity index (χ1v) is 5.89. The normalized spacial score (nSPS) is 36.3. The molecule has 2 unspecified atom stereocenters. The van der Waals surface area contributed by atoms with Crippen molar-refractivity contribution in [3.8, 4) is 0 Å². The number of hydrogen-bond donors (Lipinski definition) is 1. The molecule has 3 rings (SSSR count). The molecule has 2 heteroatoms. The topological polar surface area (TPSA) is 20.2 Å². The van der Waals surface area contributed by atoms with Crippen LogP contribution in [0.15, 0.2) is 54.6 Å². The predicted octanol–water partition coefficient (Wildman–Crippen LogP) is 2.53. The lowest BCUT2D eigenvalue weighted by molar-refractivity contribution is 0.198. The summed E-state index contributed by atoms with van der Waals surface area (Å²) in [6.07, 6.45) is 8.85. The predicted molar refractivity (Wildman–Crippen MR) is 63.7 cm³/mol. The number of allylic oxidation sites excluding steroid dienone is 2. The van der Waals surface area contributed by atoms with Crippen LogP contribution in [0.3, 0.4) is 0 Å². The molecule has 1 fully saturated rings. The molecule has 0 amide bonds. The van der Waals surface area contributed by atoms with Crippen molar-refractivity contribution in [1.82, 2.24) is 0 Å². The van der Waals surface area contributed by atoms with E-state index in [2.05, 4.69) is 18.2 Å². The third-order valence-corrected chi connectivity index (χ3v) is 4.57. The van der Waals surface area contributed by atoms with Crippen molar-refractivity contribution >= 4 is 11.8 Å². The molecule has 0 radical (unpaired) electrons. The van der Waals surface area contributed by atoms with Crippen LogP contribution in [0.1, 0.15) is 5.56 Å². The van der Waals surface area contributed by atoms with Gasteiger partial charge in [-0.3, -0.25) is 0 Å². The fraction of sp³-hybridized carbons (Fsp3) is 0.231. The second-order valence-corrected chi connectivity index (χ2v) is 5.62. The van der Waals surface area contributed by atoms with E-state index in [0.717, 1.165) is 6.42 Å². The molecule has 15 heavy (non-hydrogen) atoms. The number of benzene rings is 1. The minimum Gasteiger partial charge on any atom is -0.374 e. The average molecular weight is 216 g/mol. The highest BCUT2D eigenvalue weighted by molar-refractivity contribution is 8.09. The Kier molecular flexibility index (Phi) is 1.85. The van der Waals surface area contributed by atoms with Crippen LogP contribution in [0.25, 0.3) is 0 Å². The Hall–Kier alpha value is -0.990.